The Morgan fingerprint density at radius 1 is 1.29 bits per heavy atom. The van der Waals surface area contributed by atoms with Crippen LogP contribution < -0.4 is 5.56 Å². The molecule has 3 rings (SSSR count). The number of rotatable bonds is 3. The van der Waals surface area contributed by atoms with Crippen molar-refractivity contribution in [3.8, 4) is 11.3 Å². The normalized spacial score (nSPS) is 24.6. The minimum atomic E-state index is -0.321. The fourth-order valence-corrected chi connectivity index (χ4v) is 3.49. The van der Waals surface area contributed by atoms with Crippen LogP contribution in [0, 0.1) is 17.2 Å². The summed E-state index contributed by atoms with van der Waals surface area (Å²) >= 11 is 0. The molecule has 1 aromatic heterocycles. The van der Waals surface area contributed by atoms with E-state index in [0.29, 0.717) is 23.7 Å². The Bertz CT molecular complexity index is 717. The van der Waals surface area contributed by atoms with Crippen molar-refractivity contribution < 1.29 is 4.39 Å². The zero-order valence-corrected chi connectivity index (χ0v) is 12.3. The molecule has 1 aromatic carbocycles. The van der Waals surface area contributed by atoms with Crippen LogP contribution in [0.25, 0.3) is 11.3 Å². The number of hydrogen-bond donors (Lipinski definition) is 0. The molecule has 3 nitrogen and oxygen atoms in total. The summed E-state index contributed by atoms with van der Waals surface area (Å²) in [5.41, 5.74) is 0.933. The molecule has 0 radical (unpaired) electrons. The third-order valence-electron chi connectivity index (χ3n) is 4.23. The smallest absolute Gasteiger partial charge is 0.266 e. The molecule has 0 unspecified atom stereocenters. The van der Waals surface area contributed by atoms with Gasteiger partial charge in [0.2, 0.25) is 0 Å². The highest BCUT2D eigenvalue weighted by atomic mass is 19.1. The van der Waals surface area contributed by atoms with Gasteiger partial charge in [-0.05, 0) is 42.4 Å². The molecule has 0 bridgehead atoms. The van der Waals surface area contributed by atoms with E-state index in [1.807, 2.05) is 0 Å². The van der Waals surface area contributed by atoms with Gasteiger partial charge in [0, 0.05) is 11.6 Å². The number of nitrogens with zero attached hydrogens (tertiary/aromatic N) is 2. The summed E-state index contributed by atoms with van der Waals surface area (Å²) < 4.78 is 15.3. The maximum absolute atomic E-state index is 13.8. The SMILES string of the molecule is CC1CC(C)(Cn2nc(-c3ccccc3F)ccc2=O)C1. The first kappa shape index (κ1) is 14.0. The van der Waals surface area contributed by atoms with E-state index in [1.165, 1.54) is 16.8 Å². The molecular weight excluding hydrogens is 267 g/mol. The van der Waals surface area contributed by atoms with Crippen LogP contribution in [0.5, 0.6) is 0 Å². The first-order valence-electron chi connectivity index (χ1n) is 7.30. The van der Waals surface area contributed by atoms with Gasteiger partial charge in [-0.15, -0.1) is 0 Å². The van der Waals surface area contributed by atoms with Crippen LogP contribution >= 0.6 is 0 Å². The van der Waals surface area contributed by atoms with Gasteiger partial charge >= 0.3 is 0 Å². The molecule has 1 aliphatic rings. The van der Waals surface area contributed by atoms with Gasteiger partial charge < -0.3 is 0 Å². The summed E-state index contributed by atoms with van der Waals surface area (Å²) in [6, 6.07) is 9.56. The maximum Gasteiger partial charge on any atom is 0.266 e. The second-order valence-corrected chi connectivity index (χ2v) is 6.52. The third-order valence-corrected chi connectivity index (χ3v) is 4.23. The summed E-state index contributed by atoms with van der Waals surface area (Å²) in [5, 5.41) is 4.36. The molecule has 1 saturated carbocycles. The Morgan fingerprint density at radius 2 is 2.00 bits per heavy atom. The molecule has 0 amide bonds. The Kier molecular flexibility index (Phi) is 3.40. The summed E-state index contributed by atoms with van der Waals surface area (Å²) in [4.78, 5) is 12.0. The zero-order chi connectivity index (χ0) is 15.0. The fourth-order valence-electron chi connectivity index (χ4n) is 3.49. The predicted molar refractivity (Wildman–Crippen MR) is 80.4 cm³/mol. The lowest BCUT2D eigenvalue weighted by Gasteiger charge is -2.43. The highest BCUT2D eigenvalue weighted by Crippen LogP contribution is 2.45. The van der Waals surface area contributed by atoms with Crippen molar-refractivity contribution in [1.82, 2.24) is 9.78 Å². The van der Waals surface area contributed by atoms with Crippen molar-refractivity contribution in [3.05, 3.63) is 52.6 Å². The number of hydrogen-bond acceptors (Lipinski definition) is 2. The second-order valence-electron chi connectivity index (χ2n) is 6.52. The quantitative estimate of drug-likeness (QED) is 0.865. The maximum atomic E-state index is 13.8. The summed E-state index contributed by atoms with van der Waals surface area (Å²) in [7, 11) is 0. The topological polar surface area (TPSA) is 34.9 Å². The Hall–Kier alpha value is -1.97. The summed E-state index contributed by atoms with van der Waals surface area (Å²) in [6.07, 6.45) is 2.20. The van der Waals surface area contributed by atoms with Crippen molar-refractivity contribution >= 4 is 0 Å². The van der Waals surface area contributed by atoms with E-state index in [1.54, 1.807) is 24.3 Å². The van der Waals surface area contributed by atoms with Crippen LogP contribution in [-0.4, -0.2) is 9.78 Å². The molecule has 0 aliphatic heterocycles. The Labute approximate surface area is 123 Å². The Balaban J connectivity index is 1.94. The minimum Gasteiger partial charge on any atom is -0.268 e. The highest BCUT2D eigenvalue weighted by Gasteiger charge is 2.38. The molecule has 21 heavy (non-hydrogen) atoms. The van der Waals surface area contributed by atoms with Crippen molar-refractivity contribution in [2.24, 2.45) is 11.3 Å². The summed E-state index contributed by atoms with van der Waals surface area (Å²) in [6.45, 7) is 4.99. The minimum absolute atomic E-state index is 0.129. The van der Waals surface area contributed by atoms with Crippen LogP contribution in [-0.2, 0) is 6.54 Å². The van der Waals surface area contributed by atoms with E-state index >= 15 is 0 Å². The van der Waals surface area contributed by atoms with Crippen molar-refractivity contribution in [2.75, 3.05) is 0 Å². The number of halogens is 1. The molecule has 1 aliphatic carbocycles. The molecule has 2 aromatic rings. The van der Waals surface area contributed by atoms with E-state index < -0.39 is 0 Å². The fraction of sp³-hybridized carbons (Fsp3) is 0.412. The monoisotopic (exact) mass is 286 g/mol. The van der Waals surface area contributed by atoms with Gasteiger partial charge in [0.15, 0.2) is 0 Å². The van der Waals surface area contributed by atoms with E-state index in [4.69, 9.17) is 0 Å². The lowest BCUT2D eigenvalue weighted by Crippen LogP contribution is -2.40. The lowest BCUT2D eigenvalue weighted by molar-refractivity contribution is 0.0611. The van der Waals surface area contributed by atoms with Gasteiger partial charge in [0.05, 0.1) is 12.2 Å². The van der Waals surface area contributed by atoms with Crippen molar-refractivity contribution in [2.45, 2.75) is 33.2 Å². The zero-order valence-electron chi connectivity index (χ0n) is 12.3. The van der Waals surface area contributed by atoms with Crippen molar-refractivity contribution in [3.63, 3.8) is 0 Å². The molecular formula is C17H19FN2O. The van der Waals surface area contributed by atoms with Gasteiger partial charge in [0.1, 0.15) is 5.82 Å². The molecule has 110 valence electrons. The molecule has 1 fully saturated rings. The third kappa shape index (κ3) is 2.75. The average molecular weight is 286 g/mol. The molecule has 0 atom stereocenters. The molecule has 1 heterocycles. The standard InChI is InChI=1S/C17H19FN2O/c1-12-9-17(2,10-12)11-20-16(21)8-7-15(19-20)13-5-3-4-6-14(13)18/h3-8,12H,9-11H2,1-2H3. The van der Waals surface area contributed by atoms with E-state index in [2.05, 4.69) is 18.9 Å². The van der Waals surface area contributed by atoms with Crippen LogP contribution in [0.4, 0.5) is 4.39 Å². The van der Waals surface area contributed by atoms with Gasteiger partial charge in [-0.2, -0.15) is 5.10 Å². The largest absolute Gasteiger partial charge is 0.268 e. The van der Waals surface area contributed by atoms with Crippen LogP contribution in [0.15, 0.2) is 41.2 Å². The van der Waals surface area contributed by atoms with Gasteiger partial charge in [-0.25, -0.2) is 9.07 Å². The second kappa shape index (κ2) is 5.10. The van der Waals surface area contributed by atoms with E-state index in [9.17, 15) is 9.18 Å². The van der Waals surface area contributed by atoms with Crippen LogP contribution in [0.3, 0.4) is 0 Å². The van der Waals surface area contributed by atoms with E-state index in [-0.39, 0.29) is 16.8 Å². The first-order chi connectivity index (χ1) is 9.97. The van der Waals surface area contributed by atoms with Crippen LogP contribution in [0.1, 0.15) is 26.7 Å². The first-order valence-corrected chi connectivity index (χ1v) is 7.30. The molecule has 0 spiro atoms. The van der Waals surface area contributed by atoms with E-state index in [0.717, 1.165) is 12.8 Å². The highest BCUT2D eigenvalue weighted by molar-refractivity contribution is 5.58. The van der Waals surface area contributed by atoms with Crippen molar-refractivity contribution in [1.29, 1.82) is 0 Å². The van der Waals surface area contributed by atoms with Gasteiger partial charge in [-0.1, -0.05) is 26.0 Å². The average Bonchev–Trinajstić information content (AvgIpc) is 2.40. The lowest BCUT2D eigenvalue weighted by atomic mass is 9.64. The van der Waals surface area contributed by atoms with Gasteiger partial charge in [-0.3, -0.25) is 4.79 Å². The summed E-state index contributed by atoms with van der Waals surface area (Å²) in [5.74, 6) is 0.388. The predicted octanol–water partition coefficient (Wildman–Crippen LogP) is 3.49. The Morgan fingerprint density at radius 3 is 2.67 bits per heavy atom. The molecule has 0 saturated heterocycles. The molecule has 0 N–H and O–H groups in total. The number of benzene rings is 1. The molecule has 4 heteroatoms. The number of aromatic nitrogens is 2. The van der Waals surface area contributed by atoms with Gasteiger partial charge in [0.25, 0.3) is 5.56 Å². The van der Waals surface area contributed by atoms with Crippen LogP contribution in [0.2, 0.25) is 0 Å².